The smallest absolute Gasteiger partial charge is 0.321 e. The average Bonchev–Trinajstić information content (AvgIpc) is 3.41. The largest absolute Gasteiger partial charge is 0.459 e. The Morgan fingerprint density at radius 2 is 1.94 bits per heavy atom. The number of aromatic nitrogens is 1. The van der Waals surface area contributed by atoms with E-state index >= 15 is 0 Å². The minimum Gasteiger partial charge on any atom is -0.459 e. The number of hydrogen-bond donors (Lipinski definition) is 1. The number of esters is 1. The summed E-state index contributed by atoms with van der Waals surface area (Å²) < 4.78 is 37.3. The molecule has 3 aromatic rings. The van der Waals surface area contributed by atoms with Gasteiger partial charge in [0.1, 0.15) is 11.8 Å². The molecule has 0 aliphatic carbocycles. The fourth-order valence-corrected chi connectivity index (χ4v) is 5.54. The van der Waals surface area contributed by atoms with E-state index in [4.69, 9.17) is 21.1 Å². The van der Waals surface area contributed by atoms with E-state index in [1.807, 2.05) is 33.0 Å². The molecule has 186 valence electrons. The van der Waals surface area contributed by atoms with Gasteiger partial charge < -0.3 is 19.4 Å². The van der Waals surface area contributed by atoms with Crippen LogP contribution >= 0.6 is 11.6 Å². The number of nitrogens with zero attached hydrogens (tertiary/aromatic N) is 1. The number of sulfone groups is 1. The first kappa shape index (κ1) is 25.2. The molecule has 2 heterocycles. The fraction of sp³-hybridized carbons (Fsp3) is 0.360. The summed E-state index contributed by atoms with van der Waals surface area (Å²) >= 11 is 6.35. The lowest BCUT2D eigenvalue weighted by Gasteiger charge is -2.15. The van der Waals surface area contributed by atoms with Gasteiger partial charge in [0.05, 0.1) is 34.7 Å². The number of carbonyl (C=O) groups excluding carboxylic acids is 2. The Balaban J connectivity index is 1.43. The maximum atomic E-state index is 13.0. The number of hydrogen-bond acceptors (Lipinski definition) is 6. The summed E-state index contributed by atoms with van der Waals surface area (Å²) in [5.74, 6) is -1.81. The molecular formula is C25H27ClN2O6S. The Morgan fingerprint density at radius 1 is 1.23 bits per heavy atom. The highest BCUT2D eigenvalue weighted by molar-refractivity contribution is 7.92. The second kappa shape index (κ2) is 10.0. The molecule has 0 bridgehead atoms. The molecule has 0 radical (unpaired) electrons. The third-order valence-electron chi connectivity index (χ3n) is 6.07. The number of amides is 1. The van der Waals surface area contributed by atoms with Gasteiger partial charge in [-0.25, -0.2) is 8.42 Å². The van der Waals surface area contributed by atoms with Crippen molar-refractivity contribution in [1.29, 1.82) is 0 Å². The monoisotopic (exact) mass is 518 g/mol. The van der Waals surface area contributed by atoms with E-state index in [1.165, 1.54) is 12.1 Å². The van der Waals surface area contributed by atoms with Gasteiger partial charge in [-0.05, 0) is 55.3 Å². The molecule has 0 unspecified atom stereocenters. The molecule has 35 heavy (non-hydrogen) atoms. The molecule has 1 fully saturated rings. The van der Waals surface area contributed by atoms with Crippen molar-refractivity contribution in [3.05, 3.63) is 64.3 Å². The third-order valence-corrected chi connectivity index (χ3v) is 7.99. The minimum absolute atomic E-state index is 0.0121. The molecule has 1 aliphatic rings. The normalized spacial score (nSPS) is 16.9. The Labute approximate surface area is 209 Å². The second-order valence-electron chi connectivity index (χ2n) is 8.77. The maximum Gasteiger partial charge on any atom is 0.321 e. The third kappa shape index (κ3) is 5.52. The summed E-state index contributed by atoms with van der Waals surface area (Å²) in [4.78, 5) is 25.0. The summed E-state index contributed by atoms with van der Waals surface area (Å²) in [5, 5.41) is 4.32. The molecule has 4 rings (SSSR count). The molecule has 1 N–H and O–H groups in total. The number of halogens is 1. The van der Waals surface area contributed by atoms with Crippen molar-refractivity contribution >= 4 is 44.2 Å². The van der Waals surface area contributed by atoms with Gasteiger partial charge in [0.15, 0.2) is 15.6 Å². The Hall–Kier alpha value is -2.88. The lowest BCUT2D eigenvalue weighted by Crippen LogP contribution is -2.28. The quantitative estimate of drug-likeness (QED) is 0.478. The highest BCUT2D eigenvalue weighted by atomic mass is 35.5. The van der Waals surface area contributed by atoms with Crippen LogP contribution in [0.25, 0.3) is 10.9 Å². The average molecular weight is 519 g/mol. The van der Waals surface area contributed by atoms with Crippen LogP contribution in [0.1, 0.15) is 41.0 Å². The first-order valence-electron chi connectivity index (χ1n) is 11.2. The highest BCUT2D eigenvalue weighted by Gasteiger charge is 2.25. The number of aryl methyl sites for hydroxylation is 2. The Morgan fingerprint density at radius 3 is 2.60 bits per heavy atom. The van der Waals surface area contributed by atoms with Crippen molar-refractivity contribution in [2.24, 2.45) is 7.05 Å². The summed E-state index contributed by atoms with van der Waals surface area (Å²) in [6.07, 6.45) is 0.168. The van der Waals surface area contributed by atoms with Crippen molar-refractivity contribution in [2.45, 2.75) is 37.3 Å². The van der Waals surface area contributed by atoms with Crippen LogP contribution in [0.3, 0.4) is 0 Å². The zero-order valence-corrected chi connectivity index (χ0v) is 21.3. The number of nitrogens with one attached hydrogen (secondary N) is 1. The molecular weight excluding hydrogens is 492 g/mol. The van der Waals surface area contributed by atoms with Gasteiger partial charge in [-0.2, -0.15) is 0 Å². The molecule has 10 heteroatoms. The number of benzene rings is 2. The molecule has 1 saturated heterocycles. The summed E-state index contributed by atoms with van der Waals surface area (Å²) in [5.41, 5.74) is 3.04. The van der Waals surface area contributed by atoms with Crippen LogP contribution < -0.4 is 5.32 Å². The molecule has 2 aromatic carbocycles. The first-order chi connectivity index (χ1) is 16.5. The second-order valence-corrected chi connectivity index (χ2v) is 11.2. The molecule has 8 nitrogen and oxygen atoms in total. The van der Waals surface area contributed by atoms with Crippen LogP contribution in [-0.2, 0) is 31.2 Å². The first-order valence-corrected chi connectivity index (χ1v) is 13.2. The van der Waals surface area contributed by atoms with Crippen LogP contribution in [0.4, 0.5) is 0 Å². The molecule has 1 amide bonds. The van der Waals surface area contributed by atoms with Gasteiger partial charge in [0.25, 0.3) is 5.91 Å². The number of carbonyl (C=O) groups is 2. The number of fused-ring (bicyclic) bond motifs is 1. The van der Waals surface area contributed by atoms with Gasteiger partial charge >= 0.3 is 5.97 Å². The van der Waals surface area contributed by atoms with E-state index in [0.717, 1.165) is 22.0 Å². The topological polar surface area (TPSA) is 104 Å². The minimum atomic E-state index is -3.86. The SMILES string of the molecule is Cc1cc(Cl)c2cc(C(=O)N[C@H](C)c3ccc(S(=O)(=O)CC(=O)O[C@@H]4CCOC4)cc3)n(C)c2c1. The van der Waals surface area contributed by atoms with Gasteiger partial charge in [-0.1, -0.05) is 23.7 Å². The van der Waals surface area contributed by atoms with Gasteiger partial charge in [-0.3, -0.25) is 9.59 Å². The van der Waals surface area contributed by atoms with E-state index in [0.29, 0.717) is 23.7 Å². The summed E-state index contributed by atoms with van der Waals surface area (Å²) in [6.45, 7) is 4.53. The van der Waals surface area contributed by atoms with Crippen molar-refractivity contribution in [2.75, 3.05) is 19.0 Å². The van der Waals surface area contributed by atoms with Crippen LogP contribution in [-0.4, -0.2) is 49.9 Å². The molecule has 0 spiro atoms. The predicted molar refractivity (Wildman–Crippen MR) is 132 cm³/mol. The van der Waals surface area contributed by atoms with Crippen molar-refractivity contribution < 1.29 is 27.5 Å². The zero-order chi connectivity index (χ0) is 25.3. The molecule has 1 aliphatic heterocycles. The van der Waals surface area contributed by atoms with Crippen LogP contribution in [0.15, 0.2) is 47.4 Å². The van der Waals surface area contributed by atoms with Crippen molar-refractivity contribution in [3.63, 3.8) is 0 Å². The standard InChI is InChI=1S/C25H27ClN2O6S/c1-15-10-21(26)20-12-23(28(3)22(20)11-15)25(30)27-16(2)17-4-6-19(7-5-17)35(31,32)14-24(29)34-18-8-9-33-13-18/h4-7,10-12,16,18H,8-9,13-14H2,1-3H3,(H,27,30)/t16-,18-/m1/s1. The van der Waals surface area contributed by atoms with E-state index < -0.39 is 27.7 Å². The highest BCUT2D eigenvalue weighted by Crippen LogP contribution is 2.28. The molecule has 1 aromatic heterocycles. The Bertz CT molecular complexity index is 1380. The Kier molecular flexibility index (Phi) is 7.21. The predicted octanol–water partition coefficient (Wildman–Crippen LogP) is 3.74. The van der Waals surface area contributed by atoms with E-state index in [1.54, 1.807) is 22.8 Å². The molecule has 2 atom stereocenters. The number of ether oxygens (including phenoxy) is 2. The summed E-state index contributed by atoms with van der Waals surface area (Å²) in [7, 11) is -2.05. The summed E-state index contributed by atoms with van der Waals surface area (Å²) in [6, 6.07) is 11.3. The maximum absolute atomic E-state index is 13.0. The lowest BCUT2D eigenvalue weighted by molar-refractivity contribution is -0.145. The van der Waals surface area contributed by atoms with Gasteiger partial charge in [0, 0.05) is 18.9 Å². The lowest BCUT2D eigenvalue weighted by atomic mass is 10.1. The van der Waals surface area contributed by atoms with Crippen LogP contribution in [0.5, 0.6) is 0 Å². The van der Waals surface area contributed by atoms with E-state index in [2.05, 4.69) is 5.32 Å². The van der Waals surface area contributed by atoms with Crippen molar-refractivity contribution in [3.8, 4) is 0 Å². The zero-order valence-electron chi connectivity index (χ0n) is 19.7. The van der Waals surface area contributed by atoms with E-state index in [-0.39, 0.29) is 23.5 Å². The van der Waals surface area contributed by atoms with Gasteiger partial charge in [0.2, 0.25) is 0 Å². The van der Waals surface area contributed by atoms with Crippen LogP contribution in [0, 0.1) is 6.92 Å². The number of rotatable bonds is 7. The molecule has 0 saturated carbocycles. The van der Waals surface area contributed by atoms with E-state index in [9.17, 15) is 18.0 Å². The van der Waals surface area contributed by atoms with Crippen LogP contribution in [0.2, 0.25) is 5.02 Å². The fourth-order valence-electron chi connectivity index (χ4n) is 4.12. The van der Waals surface area contributed by atoms with Crippen molar-refractivity contribution in [1.82, 2.24) is 9.88 Å². The van der Waals surface area contributed by atoms with Gasteiger partial charge in [-0.15, -0.1) is 0 Å².